The first kappa shape index (κ1) is 20.9. The summed E-state index contributed by atoms with van der Waals surface area (Å²) in [6.07, 6.45) is -4.86. The van der Waals surface area contributed by atoms with Crippen LogP contribution in [0.3, 0.4) is 0 Å². The molecule has 3 N–H and O–H groups in total. The molecule has 2 aromatic carbocycles. The fourth-order valence-corrected chi connectivity index (χ4v) is 4.24. The standard InChI is InChI=1S/C19H14F3N3O2S2/c20-19(21,22)16-9-14(4-7-18(16)29(24,26)27)25-11-12-2-1-3-13(8-12)17-6-5-15(10-23)28-17/h1-9,25H,11H2,(H2,24,26,27). The van der Waals surface area contributed by atoms with E-state index in [0.29, 0.717) is 4.88 Å². The van der Waals surface area contributed by atoms with Crippen molar-refractivity contribution in [1.29, 1.82) is 5.26 Å². The van der Waals surface area contributed by atoms with Crippen molar-refractivity contribution in [1.82, 2.24) is 0 Å². The van der Waals surface area contributed by atoms with E-state index in [1.165, 1.54) is 17.4 Å². The molecule has 0 fully saturated rings. The molecule has 0 aliphatic carbocycles. The minimum absolute atomic E-state index is 0.109. The number of rotatable bonds is 5. The highest BCUT2D eigenvalue weighted by atomic mass is 32.2. The number of thiophene rings is 1. The first-order valence-electron chi connectivity index (χ1n) is 8.15. The molecule has 0 atom stereocenters. The van der Waals surface area contributed by atoms with E-state index in [4.69, 9.17) is 10.4 Å². The van der Waals surface area contributed by atoms with Crippen molar-refractivity contribution < 1.29 is 21.6 Å². The van der Waals surface area contributed by atoms with Gasteiger partial charge in [-0.05, 0) is 47.5 Å². The fraction of sp³-hybridized carbons (Fsp3) is 0.105. The Balaban J connectivity index is 1.83. The number of nitrogens with one attached hydrogen (secondary N) is 1. The summed E-state index contributed by atoms with van der Waals surface area (Å²) in [5.74, 6) is 0. The molecule has 3 rings (SSSR count). The molecule has 0 spiro atoms. The zero-order valence-corrected chi connectivity index (χ0v) is 16.3. The van der Waals surface area contributed by atoms with Gasteiger partial charge in [0.15, 0.2) is 0 Å². The third kappa shape index (κ3) is 4.95. The van der Waals surface area contributed by atoms with E-state index < -0.39 is 26.7 Å². The fourth-order valence-electron chi connectivity index (χ4n) is 2.70. The van der Waals surface area contributed by atoms with Crippen molar-refractivity contribution in [2.45, 2.75) is 17.6 Å². The topological polar surface area (TPSA) is 96.0 Å². The van der Waals surface area contributed by atoms with Crippen molar-refractivity contribution in [3.05, 3.63) is 70.6 Å². The molecule has 0 saturated heterocycles. The van der Waals surface area contributed by atoms with Gasteiger partial charge in [-0.3, -0.25) is 0 Å². The minimum atomic E-state index is -4.86. The number of halogens is 3. The van der Waals surface area contributed by atoms with Gasteiger partial charge in [-0.15, -0.1) is 11.3 Å². The summed E-state index contributed by atoms with van der Waals surface area (Å²) in [6.45, 7) is 0.219. The summed E-state index contributed by atoms with van der Waals surface area (Å²) in [5.41, 5.74) is 0.481. The predicted molar refractivity (Wildman–Crippen MR) is 105 cm³/mol. The Hall–Kier alpha value is -2.87. The Bertz CT molecular complexity index is 1200. The van der Waals surface area contributed by atoms with Gasteiger partial charge in [-0.25, -0.2) is 13.6 Å². The highest BCUT2D eigenvalue weighted by molar-refractivity contribution is 7.89. The van der Waals surface area contributed by atoms with Gasteiger partial charge in [0.1, 0.15) is 10.9 Å². The molecule has 5 nitrogen and oxygen atoms in total. The predicted octanol–water partition coefficient (Wildman–Crippen LogP) is 4.57. The second-order valence-electron chi connectivity index (χ2n) is 6.08. The Labute approximate surface area is 169 Å². The molecular formula is C19H14F3N3O2S2. The quantitative estimate of drug-likeness (QED) is 0.611. The zero-order chi connectivity index (χ0) is 21.2. The van der Waals surface area contributed by atoms with E-state index in [-0.39, 0.29) is 12.2 Å². The van der Waals surface area contributed by atoms with E-state index in [1.807, 2.05) is 24.3 Å². The maximum absolute atomic E-state index is 13.2. The summed E-state index contributed by atoms with van der Waals surface area (Å²) in [6, 6.07) is 15.8. The molecule has 1 aromatic heterocycles. The van der Waals surface area contributed by atoms with E-state index in [2.05, 4.69) is 11.4 Å². The van der Waals surface area contributed by atoms with Crippen molar-refractivity contribution in [3.8, 4) is 16.5 Å². The number of hydrogen-bond acceptors (Lipinski definition) is 5. The Kier molecular flexibility index (Phi) is 5.66. The average molecular weight is 437 g/mol. The van der Waals surface area contributed by atoms with Crippen LogP contribution in [0, 0.1) is 11.3 Å². The highest BCUT2D eigenvalue weighted by Crippen LogP contribution is 2.35. The summed E-state index contributed by atoms with van der Waals surface area (Å²) in [5, 5.41) is 16.7. The van der Waals surface area contributed by atoms with E-state index in [0.717, 1.165) is 28.1 Å². The van der Waals surface area contributed by atoms with Gasteiger partial charge in [0, 0.05) is 17.1 Å². The Morgan fingerprint density at radius 1 is 1.10 bits per heavy atom. The number of anilines is 1. The first-order valence-corrected chi connectivity index (χ1v) is 10.5. The monoisotopic (exact) mass is 437 g/mol. The molecular weight excluding hydrogens is 423 g/mol. The number of nitriles is 1. The van der Waals surface area contributed by atoms with Crippen LogP contribution in [0.1, 0.15) is 16.0 Å². The van der Waals surface area contributed by atoms with Gasteiger partial charge in [-0.1, -0.05) is 18.2 Å². The number of benzene rings is 2. The van der Waals surface area contributed by atoms with Crippen LogP contribution in [0.15, 0.2) is 59.5 Å². The lowest BCUT2D eigenvalue weighted by Gasteiger charge is -2.14. The van der Waals surface area contributed by atoms with E-state index >= 15 is 0 Å². The van der Waals surface area contributed by atoms with Gasteiger partial charge in [0.2, 0.25) is 10.0 Å². The number of primary sulfonamides is 1. The number of sulfonamides is 1. The van der Waals surface area contributed by atoms with Crippen LogP contribution in [0.25, 0.3) is 10.4 Å². The second-order valence-corrected chi connectivity index (χ2v) is 8.70. The molecule has 0 amide bonds. The van der Waals surface area contributed by atoms with E-state index in [9.17, 15) is 21.6 Å². The summed E-state index contributed by atoms with van der Waals surface area (Å²) >= 11 is 1.34. The third-order valence-corrected chi connectivity index (χ3v) is 6.02. The molecule has 0 unspecified atom stereocenters. The van der Waals surface area contributed by atoms with Crippen LogP contribution in [0.2, 0.25) is 0 Å². The molecule has 0 bridgehead atoms. The maximum Gasteiger partial charge on any atom is 0.417 e. The van der Waals surface area contributed by atoms with Crippen LogP contribution in [0.5, 0.6) is 0 Å². The lowest BCUT2D eigenvalue weighted by atomic mass is 10.1. The maximum atomic E-state index is 13.2. The summed E-state index contributed by atoms with van der Waals surface area (Å²) < 4.78 is 62.5. The van der Waals surface area contributed by atoms with Crippen molar-refractivity contribution >= 4 is 27.0 Å². The third-order valence-electron chi connectivity index (χ3n) is 4.02. The van der Waals surface area contributed by atoms with Crippen LogP contribution < -0.4 is 10.5 Å². The summed E-state index contributed by atoms with van der Waals surface area (Å²) in [4.78, 5) is 0.516. The van der Waals surface area contributed by atoms with Crippen molar-refractivity contribution in [3.63, 3.8) is 0 Å². The number of hydrogen-bond donors (Lipinski definition) is 2. The Morgan fingerprint density at radius 2 is 1.86 bits per heavy atom. The van der Waals surface area contributed by atoms with Crippen molar-refractivity contribution in [2.24, 2.45) is 5.14 Å². The molecule has 0 radical (unpaired) electrons. The molecule has 0 saturated carbocycles. The van der Waals surface area contributed by atoms with Gasteiger partial charge in [0.05, 0.1) is 10.5 Å². The lowest BCUT2D eigenvalue weighted by molar-refractivity contribution is -0.139. The van der Waals surface area contributed by atoms with Crippen LogP contribution in [0.4, 0.5) is 18.9 Å². The second kappa shape index (κ2) is 7.87. The van der Waals surface area contributed by atoms with Gasteiger partial charge in [0.25, 0.3) is 0 Å². The highest BCUT2D eigenvalue weighted by Gasteiger charge is 2.36. The SMILES string of the molecule is N#Cc1ccc(-c2cccc(CNc3ccc(S(N)(=O)=O)c(C(F)(F)F)c3)c2)s1. The number of alkyl halides is 3. The molecule has 3 aromatic rings. The smallest absolute Gasteiger partial charge is 0.381 e. The van der Waals surface area contributed by atoms with Crippen LogP contribution in [-0.2, 0) is 22.7 Å². The Morgan fingerprint density at radius 3 is 2.48 bits per heavy atom. The average Bonchev–Trinajstić information content (AvgIpc) is 3.14. The molecule has 0 aliphatic rings. The molecule has 29 heavy (non-hydrogen) atoms. The van der Waals surface area contributed by atoms with Crippen LogP contribution in [-0.4, -0.2) is 8.42 Å². The van der Waals surface area contributed by atoms with Gasteiger partial charge < -0.3 is 5.32 Å². The zero-order valence-electron chi connectivity index (χ0n) is 14.7. The molecule has 150 valence electrons. The summed E-state index contributed by atoms with van der Waals surface area (Å²) in [7, 11) is -4.51. The van der Waals surface area contributed by atoms with Crippen molar-refractivity contribution in [2.75, 3.05) is 5.32 Å². The first-order chi connectivity index (χ1) is 13.6. The number of nitrogens with two attached hydrogens (primary N) is 1. The molecule has 10 heteroatoms. The largest absolute Gasteiger partial charge is 0.417 e. The minimum Gasteiger partial charge on any atom is -0.381 e. The lowest BCUT2D eigenvalue weighted by Crippen LogP contribution is -2.19. The molecule has 0 aliphatic heterocycles. The van der Waals surface area contributed by atoms with E-state index in [1.54, 1.807) is 12.1 Å². The van der Waals surface area contributed by atoms with Gasteiger partial charge in [-0.2, -0.15) is 18.4 Å². The molecule has 1 heterocycles. The van der Waals surface area contributed by atoms with Crippen LogP contribution >= 0.6 is 11.3 Å². The van der Waals surface area contributed by atoms with Gasteiger partial charge >= 0.3 is 6.18 Å². The number of nitrogens with zero attached hydrogens (tertiary/aromatic N) is 1. The normalized spacial score (nSPS) is 11.8.